The van der Waals surface area contributed by atoms with Crippen molar-refractivity contribution in [1.29, 1.82) is 0 Å². The van der Waals surface area contributed by atoms with Gasteiger partial charge in [-0.25, -0.2) is 0 Å². The van der Waals surface area contributed by atoms with Crippen molar-refractivity contribution >= 4 is 5.97 Å². The fourth-order valence-corrected chi connectivity index (χ4v) is 2.84. The van der Waals surface area contributed by atoms with Crippen LogP contribution < -0.4 is 0 Å². The molecule has 6 nitrogen and oxygen atoms in total. The number of aliphatic hydroxyl groups is 3. The minimum absolute atomic E-state index is 0.127. The molecule has 158 valence electrons. The molecule has 0 aromatic heterocycles. The Labute approximate surface area is 167 Å². The van der Waals surface area contributed by atoms with E-state index in [-0.39, 0.29) is 6.42 Å². The van der Waals surface area contributed by atoms with Crippen molar-refractivity contribution in [1.82, 2.24) is 0 Å². The SMILES string of the molecule is CC/C=C\C[C@H](O)/C=C/[C@@H]1O[C@H]([C@H](O)C/C=C\C/C=C\CCC(=O)O)C[C@@H]1O. The van der Waals surface area contributed by atoms with Gasteiger partial charge in [-0.3, -0.25) is 4.79 Å². The zero-order valence-corrected chi connectivity index (χ0v) is 16.6. The molecular formula is C22H34O6. The van der Waals surface area contributed by atoms with E-state index in [9.17, 15) is 20.1 Å². The maximum absolute atomic E-state index is 10.4. The summed E-state index contributed by atoms with van der Waals surface area (Å²) in [4.78, 5) is 10.4. The van der Waals surface area contributed by atoms with Crippen molar-refractivity contribution in [3.05, 3.63) is 48.6 Å². The number of ether oxygens (including phenoxy) is 1. The minimum atomic E-state index is -0.807. The molecule has 0 saturated carbocycles. The molecule has 0 aromatic rings. The Hall–Kier alpha value is -1.73. The quantitative estimate of drug-likeness (QED) is 0.358. The Morgan fingerprint density at radius 3 is 2.54 bits per heavy atom. The third kappa shape index (κ3) is 10.6. The molecule has 0 aliphatic carbocycles. The van der Waals surface area contributed by atoms with Crippen molar-refractivity contribution in [2.75, 3.05) is 0 Å². The van der Waals surface area contributed by atoms with Gasteiger partial charge < -0.3 is 25.2 Å². The third-order valence-corrected chi connectivity index (χ3v) is 4.42. The van der Waals surface area contributed by atoms with E-state index in [0.29, 0.717) is 32.1 Å². The molecule has 5 atom stereocenters. The van der Waals surface area contributed by atoms with E-state index in [0.717, 1.165) is 6.42 Å². The lowest BCUT2D eigenvalue weighted by molar-refractivity contribution is -0.136. The Morgan fingerprint density at radius 1 is 1.11 bits per heavy atom. The van der Waals surface area contributed by atoms with Crippen LogP contribution in [0.2, 0.25) is 0 Å². The molecule has 1 aliphatic rings. The molecule has 0 bridgehead atoms. The first kappa shape index (κ1) is 24.3. The van der Waals surface area contributed by atoms with Crippen LogP contribution in [0.1, 0.15) is 51.9 Å². The number of carboxylic acid groups (broad SMARTS) is 1. The van der Waals surface area contributed by atoms with Gasteiger partial charge in [0.25, 0.3) is 0 Å². The molecule has 0 aromatic carbocycles. The lowest BCUT2D eigenvalue weighted by Crippen LogP contribution is -2.25. The predicted octanol–water partition coefficient (Wildman–Crippen LogP) is 2.90. The lowest BCUT2D eigenvalue weighted by atomic mass is 10.0. The highest BCUT2D eigenvalue weighted by atomic mass is 16.5. The number of hydrogen-bond donors (Lipinski definition) is 4. The molecule has 28 heavy (non-hydrogen) atoms. The predicted molar refractivity (Wildman–Crippen MR) is 109 cm³/mol. The molecule has 1 saturated heterocycles. The summed E-state index contributed by atoms with van der Waals surface area (Å²) in [6, 6.07) is 0. The maximum Gasteiger partial charge on any atom is 0.303 e. The Morgan fingerprint density at radius 2 is 1.82 bits per heavy atom. The van der Waals surface area contributed by atoms with E-state index in [1.54, 1.807) is 12.2 Å². The van der Waals surface area contributed by atoms with Crippen LogP contribution in [0.15, 0.2) is 48.6 Å². The highest BCUT2D eigenvalue weighted by Gasteiger charge is 2.35. The number of aliphatic carboxylic acids is 1. The van der Waals surface area contributed by atoms with E-state index in [2.05, 4.69) is 0 Å². The summed E-state index contributed by atoms with van der Waals surface area (Å²) >= 11 is 0. The Balaban J connectivity index is 2.31. The van der Waals surface area contributed by atoms with Gasteiger partial charge in [-0.1, -0.05) is 55.5 Å². The molecule has 0 radical (unpaired) electrons. The second kappa shape index (κ2) is 14.3. The first-order valence-corrected chi connectivity index (χ1v) is 9.98. The summed E-state index contributed by atoms with van der Waals surface area (Å²) in [7, 11) is 0. The van der Waals surface area contributed by atoms with Crippen LogP contribution in [-0.2, 0) is 9.53 Å². The van der Waals surface area contributed by atoms with Crippen LogP contribution in [0, 0.1) is 0 Å². The van der Waals surface area contributed by atoms with E-state index in [1.807, 2.05) is 43.4 Å². The van der Waals surface area contributed by atoms with Gasteiger partial charge in [0.1, 0.15) is 6.10 Å². The zero-order valence-electron chi connectivity index (χ0n) is 16.6. The number of carbonyl (C=O) groups is 1. The average Bonchev–Trinajstić information content (AvgIpc) is 3.03. The van der Waals surface area contributed by atoms with Gasteiger partial charge in [-0.2, -0.15) is 0 Å². The minimum Gasteiger partial charge on any atom is -0.481 e. The van der Waals surface area contributed by atoms with Gasteiger partial charge in [0.15, 0.2) is 0 Å². The first-order valence-electron chi connectivity index (χ1n) is 9.98. The molecule has 0 amide bonds. The van der Waals surface area contributed by atoms with E-state index in [1.165, 1.54) is 0 Å². The zero-order chi connectivity index (χ0) is 20.8. The summed E-state index contributed by atoms with van der Waals surface area (Å²) in [5.41, 5.74) is 0. The summed E-state index contributed by atoms with van der Waals surface area (Å²) in [5.74, 6) is -0.807. The molecule has 1 aliphatic heterocycles. The standard InChI is InChI=1S/C22H34O6/c1-2-3-8-11-17(23)14-15-20-19(25)16-21(28-20)18(24)12-9-6-4-5-7-10-13-22(26)27/h3,5-9,14-15,17-21,23-25H,2,4,10-13,16H2,1H3,(H,26,27)/b7-5-,8-3-,9-6-,15-14+/t17-,18+,19-,20-,21-/m0/s1. The van der Waals surface area contributed by atoms with Crippen molar-refractivity contribution in [3.63, 3.8) is 0 Å². The number of rotatable bonds is 13. The third-order valence-electron chi connectivity index (χ3n) is 4.42. The molecule has 6 heteroatoms. The highest BCUT2D eigenvalue weighted by Crippen LogP contribution is 2.25. The van der Waals surface area contributed by atoms with Crippen molar-refractivity contribution in [2.24, 2.45) is 0 Å². The molecule has 4 N–H and O–H groups in total. The summed E-state index contributed by atoms with van der Waals surface area (Å²) in [5, 5.41) is 38.8. The number of carboxylic acids is 1. The second-order valence-electron chi connectivity index (χ2n) is 6.92. The van der Waals surface area contributed by atoms with Gasteiger partial charge in [-0.05, 0) is 32.1 Å². The van der Waals surface area contributed by atoms with Gasteiger partial charge in [0.2, 0.25) is 0 Å². The van der Waals surface area contributed by atoms with Crippen LogP contribution in [0.25, 0.3) is 0 Å². The smallest absolute Gasteiger partial charge is 0.303 e. The van der Waals surface area contributed by atoms with Gasteiger partial charge in [0, 0.05) is 12.8 Å². The van der Waals surface area contributed by atoms with E-state index in [4.69, 9.17) is 9.84 Å². The topological polar surface area (TPSA) is 107 Å². The molecule has 1 fully saturated rings. The molecule has 0 spiro atoms. The average molecular weight is 395 g/mol. The van der Waals surface area contributed by atoms with Crippen molar-refractivity contribution < 1.29 is 30.0 Å². The van der Waals surface area contributed by atoms with Crippen molar-refractivity contribution in [2.45, 2.75) is 82.4 Å². The highest BCUT2D eigenvalue weighted by molar-refractivity contribution is 5.66. The normalized spacial score (nSPS) is 25.5. The van der Waals surface area contributed by atoms with Crippen LogP contribution in [0.4, 0.5) is 0 Å². The summed E-state index contributed by atoms with van der Waals surface area (Å²) in [6.07, 6.45) is 15.2. The lowest BCUT2D eigenvalue weighted by Gasteiger charge is -2.16. The molecular weight excluding hydrogens is 360 g/mol. The van der Waals surface area contributed by atoms with Crippen molar-refractivity contribution in [3.8, 4) is 0 Å². The maximum atomic E-state index is 10.4. The van der Waals surface area contributed by atoms with Crippen LogP contribution in [0.5, 0.6) is 0 Å². The Bertz CT molecular complexity index is 551. The molecule has 0 unspecified atom stereocenters. The Kier molecular flexibility index (Phi) is 12.4. The fraction of sp³-hybridized carbons (Fsp3) is 0.591. The van der Waals surface area contributed by atoms with Gasteiger partial charge in [0.05, 0.1) is 24.4 Å². The largest absolute Gasteiger partial charge is 0.481 e. The summed E-state index contributed by atoms with van der Waals surface area (Å²) in [6.45, 7) is 2.03. The monoisotopic (exact) mass is 394 g/mol. The number of aliphatic hydroxyl groups excluding tert-OH is 3. The fourth-order valence-electron chi connectivity index (χ4n) is 2.84. The van der Waals surface area contributed by atoms with Crippen LogP contribution in [-0.4, -0.2) is 56.9 Å². The van der Waals surface area contributed by atoms with E-state index < -0.39 is 36.5 Å². The number of allylic oxidation sites excluding steroid dienone is 4. The molecule has 1 rings (SSSR count). The van der Waals surface area contributed by atoms with Gasteiger partial charge in [-0.15, -0.1) is 0 Å². The van der Waals surface area contributed by atoms with Gasteiger partial charge >= 0.3 is 5.97 Å². The summed E-state index contributed by atoms with van der Waals surface area (Å²) < 4.78 is 5.72. The van der Waals surface area contributed by atoms with Crippen LogP contribution in [0.3, 0.4) is 0 Å². The van der Waals surface area contributed by atoms with Crippen LogP contribution >= 0.6 is 0 Å². The molecule has 1 heterocycles. The number of hydrogen-bond acceptors (Lipinski definition) is 5. The van der Waals surface area contributed by atoms with E-state index >= 15 is 0 Å². The first-order chi connectivity index (χ1) is 13.4. The second-order valence-corrected chi connectivity index (χ2v) is 6.92.